The Hall–Kier alpha value is -2.15. The number of pyridine rings is 1. The molecule has 2 amide bonds. The third kappa shape index (κ3) is 4.55. The van der Waals surface area contributed by atoms with Crippen molar-refractivity contribution in [2.75, 3.05) is 0 Å². The Morgan fingerprint density at radius 2 is 1.79 bits per heavy atom. The summed E-state index contributed by atoms with van der Waals surface area (Å²) in [5.74, 6) is -1.29. The molecule has 19 heavy (non-hydrogen) atoms. The zero-order valence-corrected chi connectivity index (χ0v) is 10.7. The molecule has 104 valence electrons. The Kier molecular flexibility index (Phi) is 5.25. The summed E-state index contributed by atoms with van der Waals surface area (Å²) in [5, 5.41) is 22.9. The second-order valence-electron chi connectivity index (χ2n) is 4.18. The van der Waals surface area contributed by atoms with Gasteiger partial charge in [-0.1, -0.05) is 0 Å². The highest BCUT2D eigenvalue weighted by molar-refractivity contribution is 5.83. The summed E-state index contributed by atoms with van der Waals surface area (Å²) in [6.45, 7) is 3.05. The summed E-state index contributed by atoms with van der Waals surface area (Å²) < 4.78 is 0. The lowest BCUT2D eigenvalue weighted by molar-refractivity contribution is -0.141. The molecule has 0 fully saturated rings. The second-order valence-corrected chi connectivity index (χ2v) is 4.18. The van der Waals surface area contributed by atoms with E-state index in [4.69, 9.17) is 5.11 Å². The number of carboxylic acids is 1. The molecule has 1 rings (SSSR count). The van der Waals surface area contributed by atoms with Gasteiger partial charge >= 0.3 is 12.0 Å². The summed E-state index contributed by atoms with van der Waals surface area (Å²) in [6.07, 6.45) is 2.02. The Morgan fingerprint density at radius 3 is 2.26 bits per heavy atom. The van der Waals surface area contributed by atoms with Crippen LogP contribution in [0.4, 0.5) is 4.79 Å². The maximum Gasteiger partial charge on any atom is 0.328 e. The Balaban J connectivity index is 2.58. The number of rotatable bonds is 5. The smallest absolute Gasteiger partial charge is 0.328 e. The highest BCUT2D eigenvalue weighted by Gasteiger charge is 2.25. The number of carbonyl (C=O) groups excluding carboxylic acids is 1. The fraction of sp³-hybridized carbons (Fsp3) is 0.417. The highest BCUT2D eigenvalue weighted by atomic mass is 16.4. The first-order chi connectivity index (χ1) is 8.91. The van der Waals surface area contributed by atoms with E-state index in [-0.39, 0.29) is 6.04 Å². The van der Waals surface area contributed by atoms with Crippen LogP contribution in [0, 0.1) is 0 Å². The molecule has 3 unspecified atom stereocenters. The molecule has 1 heterocycles. The van der Waals surface area contributed by atoms with E-state index in [0.29, 0.717) is 0 Å². The Morgan fingerprint density at radius 1 is 1.21 bits per heavy atom. The minimum atomic E-state index is -1.34. The minimum Gasteiger partial charge on any atom is -0.480 e. The van der Waals surface area contributed by atoms with E-state index in [0.717, 1.165) is 5.56 Å². The van der Waals surface area contributed by atoms with Crippen LogP contribution in [0.3, 0.4) is 0 Å². The third-order valence-electron chi connectivity index (χ3n) is 2.59. The maximum atomic E-state index is 11.6. The third-order valence-corrected chi connectivity index (χ3v) is 2.59. The van der Waals surface area contributed by atoms with Crippen molar-refractivity contribution in [3.05, 3.63) is 30.1 Å². The topological polar surface area (TPSA) is 112 Å². The number of urea groups is 1. The normalized spacial score (nSPS) is 15.1. The molecular weight excluding hydrogens is 250 g/mol. The molecule has 4 N–H and O–H groups in total. The largest absolute Gasteiger partial charge is 0.480 e. The van der Waals surface area contributed by atoms with Crippen LogP contribution in [0.2, 0.25) is 0 Å². The molecular formula is C12H17N3O4. The lowest BCUT2D eigenvalue weighted by Gasteiger charge is -2.20. The number of aromatic nitrogens is 1. The molecule has 1 aromatic heterocycles. The predicted octanol–water partition coefficient (Wildman–Crippen LogP) is 0.276. The van der Waals surface area contributed by atoms with Crippen LogP contribution < -0.4 is 10.6 Å². The number of hydrogen-bond acceptors (Lipinski definition) is 4. The van der Waals surface area contributed by atoms with E-state index in [1.165, 1.54) is 6.92 Å². The fourth-order valence-electron chi connectivity index (χ4n) is 1.50. The van der Waals surface area contributed by atoms with Crippen molar-refractivity contribution in [2.45, 2.75) is 32.0 Å². The van der Waals surface area contributed by atoms with Crippen LogP contribution in [0.5, 0.6) is 0 Å². The van der Waals surface area contributed by atoms with Crippen LogP contribution in [-0.4, -0.2) is 39.3 Å². The number of hydrogen-bond donors (Lipinski definition) is 4. The van der Waals surface area contributed by atoms with Gasteiger partial charge in [0.05, 0.1) is 12.1 Å². The van der Waals surface area contributed by atoms with Gasteiger partial charge in [-0.05, 0) is 31.5 Å². The predicted molar refractivity (Wildman–Crippen MR) is 67.4 cm³/mol. The van der Waals surface area contributed by atoms with Crippen molar-refractivity contribution < 1.29 is 19.8 Å². The molecule has 7 heteroatoms. The molecule has 1 aromatic rings. The summed E-state index contributed by atoms with van der Waals surface area (Å²) in [4.78, 5) is 26.3. The van der Waals surface area contributed by atoms with E-state index in [2.05, 4.69) is 15.6 Å². The van der Waals surface area contributed by atoms with Crippen LogP contribution in [0.25, 0.3) is 0 Å². The molecule has 0 saturated carbocycles. The molecule has 0 aliphatic heterocycles. The standard InChI is InChI=1S/C12H17N3O4/c1-7(9-3-5-13-6-4-9)14-12(19)15-10(8(2)16)11(17)18/h3-8,10,16H,1-2H3,(H,17,18)(H2,14,15,19). The number of aliphatic carboxylic acids is 1. The second kappa shape index (κ2) is 6.69. The molecule has 0 spiro atoms. The first-order valence-electron chi connectivity index (χ1n) is 5.79. The first-order valence-corrected chi connectivity index (χ1v) is 5.79. The lowest BCUT2D eigenvalue weighted by Crippen LogP contribution is -2.51. The number of carbonyl (C=O) groups is 2. The number of aliphatic hydroxyl groups is 1. The Bertz CT molecular complexity index is 436. The number of nitrogens with one attached hydrogen (secondary N) is 2. The first kappa shape index (κ1) is 14.9. The number of carboxylic acid groups (broad SMARTS) is 1. The summed E-state index contributed by atoms with van der Waals surface area (Å²) >= 11 is 0. The molecule has 3 atom stereocenters. The summed E-state index contributed by atoms with van der Waals surface area (Å²) in [6, 6.07) is 1.19. The zero-order valence-electron chi connectivity index (χ0n) is 10.7. The van der Waals surface area contributed by atoms with Crippen molar-refractivity contribution in [2.24, 2.45) is 0 Å². The Labute approximate surface area is 110 Å². The van der Waals surface area contributed by atoms with Gasteiger partial charge in [-0.2, -0.15) is 0 Å². The zero-order chi connectivity index (χ0) is 14.4. The lowest BCUT2D eigenvalue weighted by atomic mass is 10.1. The summed E-state index contributed by atoms with van der Waals surface area (Å²) in [7, 11) is 0. The molecule has 0 aliphatic rings. The highest BCUT2D eigenvalue weighted by Crippen LogP contribution is 2.09. The van der Waals surface area contributed by atoms with Gasteiger partial charge in [-0.25, -0.2) is 9.59 Å². The van der Waals surface area contributed by atoms with Gasteiger partial charge in [0.1, 0.15) is 0 Å². The van der Waals surface area contributed by atoms with Crippen molar-refractivity contribution in [3.8, 4) is 0 Å². The quantitative estimate of drug-likeness (QED) is 0.612. The maximum absolute atomic E-state index is 11.6. The molecule has 0 bridgehead atoms. The van der Waals surface area contributed by atoms with E-state index < -0.39 is 24.1 Å². The SMILES string of the molecule is CC(NC(=O)NC(C(=O)O)C(C)O)c1ccncc1. The monoisotopic (exact) mass is 267 g/mol. The molecule has 0 aromatic carbocycles. The van der Waals surface area contributed by atoms with Crippen molar-refractivity contribution in [3.63, 3.8) is 0 Å². The molecule has 7 nitrogen and oxygen atoms in total. The van der Waals surface area contributed by atoms with Gasteiger partial charge < -0.3 is 20.8 Å². The number of amides is 2. The van der Waals surface area contributed by atoms with Crippen molar-refractivity contribution in [1.29, 1.82) is 0 Å². The van der Waals surface area contributed by atoms with E-state index in [1.54, 1.807) is 31.5 Å². The average Bonchev–Trinajstić information content (AvgIpc) is 2.36. The van der Waals surface area contributed by atoms with Gasteiger partial charge in [-0.15, -0.1) is 0 Å². The molecule has 0 saturated heterocycles. The van der Waals surface area contributed by atoms with Crippen LogP contribution in [0.1, 0.15) is 25.5 Å². The van der Waals surface area contributed by atoms with Crippen LogP contribution in [-0.2, 0) is 4.79 Å². The van der Waals surface area contributed by atoms with Gasteiger partial charge in [0, 0.05) is 12.4 Å². The van der Waals surface area contributed by atoms with Gasteiger partial charge in [-0.3, -0.25) is 4.98 Å². The van der Waals surface area contributed by atoms with E-state index in [9.17, 15) is 14.7 Å². The van der Waals surface area contributed by atoms with E-state index >= 15 is 0 Å². The van der Waals surface area contributed by atoms with Gasteiger partial charge in [0.15, 0.2) is 6.04 Å². The van der Waals surface area contributed by atoms with Gasteiger partial charge in [0.25, 0.3) is 0 Å². The van der Waals surface area contributed by atoms with Gasteiger partial charge in [0.2, 0.25) is 0 Å². The van der Waals surface area contributed by atoms with Crippen LogP contribution in [0.15, 0.2) is 24.5 Å². The fourth-order valence-corrected chi connectivity index (χ4v) is 1.50. The number of nitrogens with zero attached hydrogens (tertiary/aromatic N) is 1. The van der Waals surface area contributed by atoms with Crippen molar-refractivity contribution in [1.82, 2.24) is 15.6 Å². The van der Waals surface area contributed by atoms with Crippen LogP contribution >= 0.6 is 0 Å². The minimum absolute atomic E-state index is 0.300. The van der Waals surface area contributed by atoms with Crippen molar-refractivity contribution >= 4 is 12.0 Å². The molecule has 0 radical (unpaired) electrons. The average molecular weight is 267 g/mol. The summed E-state index contributed by atoms with van der Waals surface area (Å²) in [5.41, 5.74) is 0.842. The number of aliphatic hydroxyl groups excluding tert-OH is 1. The van der Waals surface area contributed by atoms with E-state index in [1.807, 2.05) is 0 Å². The molecule has 0 aliphatic carbocycles.